The summed E-state index contributed by atoms with van der Waals surface area (Å²) in [5.41, 5.74) is 0.768. The fourth-order valence-electron chi connectivity index (χ4n) is 2.40. The number of nitrogens with one attached hydrogen (secondary N) is 1. The third-order valence-corrected chi connectivity index (χ3v) is 3.89. The van der Waals surface area contributed by atoms with E-state index in [4.69, 9.17) is 4.74 Å². The number of hydrogen-bond donors (Lipinski definition) is 1. The molecule has 1 aromatic carbocycles. The Hall–Kier alpha value is -1.07. The number of hydrogen-bond acceptors (Lipinski definition) is 3. The number of nitrogens with zero attached hydrogens (tertiary/aromatic N) is 1. The van der Waals surface area contributed by atoms with Gasteiger partial charge in [0.15, 0.2) is 0 Å². The maximum Gasteiger partial charge on any atom is 0.410 e. The van der Waals surface area contributed by atoms with Crippen LogP contribution >= 0.6 is 15.9 Å². The molecular weight excluding hydrogens is 332 g/mol. The van der Waals surface area contributed by atoms with Crippen LogP contribution in [0.1, 0.15) is 26.3 Å². The smallest absolute Gasteiger partial charge is 0.410 e. The van der Waals surface area contributed by atoms with Crippen molar-refractivity contribution in [2.24, 2.45) is 0 Å². The summed E-state index contributed by atoms with van der Waals surface area (Å²) in [5, 5.41) is 3.36. The zero-order chi connectivity index (χ0) is 15.5. The van der Waals surface area contributed by atoms with Crippen LogP contribution < -0.4 is 5.32 Å². The molecule has 0 radical (unpaired) electrons. The van der Waals surface area contributed by atoms with E-state index in [1.54, 1.807) is 0 Å². The zero-order valence-corrected chi connectivity index (χ0v) is 14.4. The third kappa shape index (κ3) is 5.00. The molecular formula is C16H23BrN2O2. The molecule has 1 saturated heterocycles. The number of rotatable bonds is 2. The van der Waals surface area contributed by atoms with Crippen molar-refractivity contribution >= 4 is 22.0 Å². The van der Waals surface area contributed by atoms with E-state index >= 15 is 0 Å². The molecule has 0 spiro atoms. The van der Waals surface area contributed by atoms with Crippen LogP contribution in [0.25, 0.3) is 0 Å². The Balaban J connectivity index is 2.04. The first-order chi connectivity index (χ1) is 9.85. The van der Waals surface area contributed by atoms with Gasteiger partial charge >= 0.3 is 6.09 Å². The van der Waals surface area contributed by atoms with Crippen molar-refractivity contribution in [1.82, 2.24) is 10.2 Å². The van der Waals surface area contributed by atoms with Gasteiger partial charge in [-0.2, -0.15) is 0 Å². The molecule has 5 heteroatoms. The first kappa shape index (κ1) is 16.3. The number of ether oxygens (including phenoxy) is 1. The van der Waals surface area contributed by atoms with Crippen LogP contribution in [0.15, 0.2) is 28.7 Å². The minimum atomic E-state index is -0.454. The van der Waals surface area contributed by atoms with Crippen molar-refractivity contribution in [3.8, 4) is 0 Å². The highest BCUT2D eigenvalue weighted by molar-refractivity contribution is 9.10. The van der Waals surface area contributed by atoms with E-state index in [-0.39, 0.29) is 12.1 Å². The number of carbonyl (C=O) groups is 1. The van der Waals surface area contributed by atoms with Crippen LogP contribution in [-0.2, 0) is 11.2 Å². The topological polar surface area (TPSA) is 41.6 Å². The molecule has 1 fully saturated rings. The van der Waals surface area contributed by atoms with Crippen LogP contribution in [0.5, 0.6) is 0 Å². The van der Waals surface area contributed by atoms with Gasteiger partial charge in [-0.25, -0.2) is 4.79 Å². The molecule has 1 aliphatic heterocycles. The summed E-state index contributed by atoms with van der Waals surface area (Å²) in [6, 6.07) is 8.37. The first-order valence-corrected chi connectivity index (χ1v) is 8.09. The molecule has 4 nitrogen and oxygen atoms in total. The summed E-state index contributed by atoms with van der Waals surface area (Å²) in [6.45, 7) is 8.01. The number of piperazine rings is 1. The lowest BCUT2D eigenvalue weighted by atomic mass is 10.0. The number of halogens is 1. The van der Waals surface area contributed by atoms with E-state index in [1.807, 2.05) is 37.8 Å². The van der Waals surface area contributed by atoms with Crippen LogP contribution in [0.2, 0.25) is 0 Å². The van der Waals surface area contributed by atoms with Gasteiger partial charge < -0.3 is 15.0 Å². The van der Waals surface area contributed by atoms with E-state index in [0.717, 1.165) is 24.0 Å². The lowest BCUT2D eigenvalue weighted by molar-refractivity contribution is 0.0122. The monoisotopic (exact) mass is 354 g/mol. The maximum absolute atomic E-state index is 12.3. The van der Waals surface area contributed by atoms with Gasteiger partial charge in [0, 0.05) is 24.1 Å². The van der Waals surface area contributed by atoms with Crippen molar-refractivity contribution in [3.05, 3.63) is 34.3 Å². The molecule has 1 atom stereocenters. The third-order valence-electron chi connectivity index (χ3n) is 3.36. The Labute approximate surface area is 135 Å². The summed E-state index contributed by atoms with van der Waals surface area (Å²) in [6.07, 6.45) is 0.616. The lowest BCUT2D eigenvalue weighted by Gasteiger charge is -2.37. The molecule has 116 valence electrons. The fourth-order valence-corrected chi connectivity index (χ4v) is 2.66. The van der Waals surface area contributed by atoms with Crippen LogP contribution in [0.4, 0.5) is 4.79 Å². The van der Waals surface area contributed by atoms with Gasteiger partial charge in [0.25, 0.3) is 0 Å². The normalized spacial score (nSPS) is 19.4. The molecule has 0 bridgehead atoms. The first-order valence-electron chi connectivity index (χ1n) is 7.30. The van der Waals surface area contributed by atoms with Gasteiger partial charge in [0.2, 0.25) is 0 Å². The van der Waals surface area contributed by atoms with E-state index in [2.05, 4.69) is 33.4 Å². The second-order valence-electron chi connectivity index (χ2n) is 6.36. The predicted octanol–water partition coefficient (Wildman–Crippen LogP) is 3.20. The molecule has 2 rings (SSSR count). The highest BCUT2D eigenvalue weighted by Crippen LogP contribution is 2.17. The minimum Gasteiger partial charge on any atom is -0.444 e. The molecule has 0 aromatic heterocycles. The van der Waals surface area contributed by atoms with Gasteiger partial charge in [-0.1, -0.05) is 28.1 Å². The average molecular weight is 355 g/mol. The fraction of sp³-hybridized carbons (Fsp3) is 0.562. The van der Waals surface area contributed by atoms with E-state index < -0.39 is 5.60 Å². The molecule has 1 aliphatic rings. The van der Waals surface area contributed by atoms with Gasteiger partial charge in [0.05, 0.1) is 6.04 Å². The van der Waals surface area contributed by atoms with Crippen LogP contribution in [0, 0.1) is 0 Å². The Morgan fingerprint density at radius 1 is 1.38 bits per heavy atom. The van der Waals surface area contributed by atoms with Crippen molar-refractivity contribution in [2.45, 2.75) is 38.8 Å². The van der Waals surface area contributed by atoms with Gasteiger partial charge in [-0.15, -0.1) is 0 Å². The highest BCUT2D eigenvalue weighted by Gasteiger charge is 2.30. The summed E-state index contributed by atoms with van der Waals surface area (Å²) in [7, 11) is 0. The summed E-state index contributed by atoms with van der Waals surface area (Å²) >= 11 is 3.44. The van der Waals surface area contributed by atoms with Gasteiger partial charge in [-0.05, 0) is 44.9 Å². The van der Waals surface area contributed by atoms with E-state index in [0.29, 0.717) is 6.54 Å². The zero-order valence-electron chi connectivity index (χ0n) is 12.9. The Kier molecular flexibility index (Phi) is 5.27. The molecule has 21 heavy (non-hydrogen) atoms. The number of amides is 1. The Bertz CT molecular complexity index is 482. The quantitative estimate of drug-likeness (QED) is 0.886. The molecule has 1 aromatic rings. The second kappa shape index (κ2) is 6.79. The standard InChI is InChI=1S/C16H23BrN2O2/c1-16(2,3)21-15(20)19-9-8-18-11-14(19)10-12-4-6-13(17)7-5-12/h4-7,14,18H,8-11H2,1-3H3/t14-/m1/s1. The van der Waals surface area contributed by atoms with Crippen molar-refractivity contribution in [3.63, 3.8) is 0 Å². The Morgan fingerprint density at radius 2 is 2.05 bits per heavy atom. The summed E-state index contributed by atoms with van der Waals surface area (Å²) in [5.74, 6) is 0. The van der Waals surface area contributed by atoms with Crippen molar-refractivity contribution < 1.29 is 9.53 Å². The van der Waals surface area contributed by atoms with Crippen LogP contribution in [-0.4, -0.2) is 42.3 Å². The maximum atomic E-state index is 12.3. The lowest BCUT2D eigenvalue weighted by Crippen LogP contribution is -2.55. The largest absolute Gasteiger partial charge is 0.444 e. The van der Waals surface area contributed by atoms with Crippen molar-refractivity contribution in [1.29, 1.82) is 0 Å². The Morgan fingerprint density at radius 3 is 2.67 bits per heavy atom. The minimum absolute atomic E-state index is 0.134. The second-order valence-corrected chi connectivity index (χ2v) is 7.28. The van der Waals surface area contributed by atoms with E-state index in [1.165, 1.54) is 5.56 Å². The SMILES string of the molecule is CC(C)(C)OC(=O)N1CCNC[C@H]1Cc1ccc(Br)cc1. The summed E-state index contributed by atoms with van der Waals surface area (Å²) < 4.78 is 6.58. The molecule has 1 heterocycles. The van der Waals surface area contributed by atoms with E-state index in [9.17, 15) is 4.79 Å². The molecule has 1 amide bonds. The number of carbonyl (C=O) groups excluding carboxylic acids is 1. The molecule has 0 unspecified atom stereocenters. The van der Waals surface area contributed by atoms with Crippen LogP contribution in [0.3, 0.4) is 0 Å². The van der Waals surface area contributed by atoms with Gasteiger partial charge in [0.1, 0.15) is 5.60 Å². The van der Waals surface area contributed by atoms with Gasteiger partial charge in [-0.3, -0.25) is 0 Å². The predicted molar refractivity (Wildman–Crippen MR) is 87.4 cm³/mol. The molecule has 0 saturated carbocycles. The highest BCUT2D eigenvalue weighted by atomic mass is 79.9. The summed E-state index contributed by atoms with van der Waals surface area (Å²) in [4.78, 5) is 14.2. The molecule has 0 aliphatic carbocycles. The number of benzene rings is 1. The van der Waals surface area contributed by atoms with Crippen molar-refractivity contribution in [2.75, 3.05) is 19.6 Å². The average Bonchev–Trinajstić information content (AvgIpc) is 2.40. The molecule has 1 N–H and O–H groups in total.